The average molecular weight is 117 g/mol. The molecule has 0 bridgehead atoms. The standard InChI is InChI=1S/C4H7NOS/c5-4-1-2-7-6-3-4/h5H,1-3H2. The van der Waals surface area contributed by atoms with Gasteiger partial charge in [-0.2, -0.15) is 0 Å². The molecule has 1 rings (SSSR count). The molecule has 0 unspecified atom stereocenters. The fourth-order valence-corrected chi connectivity index (χ4v) is 1.08. The Balaban J connectivity index is 2.25. The first kappa shape index (κ1) is 5.12. The van der Waals surface area contributed by atoms with Crippen molar-refractivity contribution in [1.29, 1.82) is 5.41 Å². The van der Waals surface area contributed by atoms with Crippen molar-refractivity contribution >= 4 is 17.8 Å². The van der Waals surface area contributed by atoms with Crippen molar-refractivity contribution in [2.45, 2.75) is 6.42 Å². The molecule has 2 nitrogen and oxygen atoms in total. The highest BCUT2D eigenvalue weighted by molar-refractivity contribution is 7.94. The summed E-state index contributed by atoms with van der Waals surface area (Å²) in [4.78, 5) is 0. The van der Waals surface area contributed by atoms with Gasteiger partial charge in [-0.05, 0) is 18.5 Å². The molecule has 0 saturated carbocycles. The van der Waals surface area contributed by atoms with Crippen molar-refractivity contribution in [2.24, 2.45) is 0 Å². The fraction of sp³-hybridized carbons (Fsp3) is 0.750. The summed E-state index contributed by atoms with van der Waals surface area (Å²) in [5, 5.41) is 7.05. The van der Waals surface area contributed by atoms with Gasteiger partial charge in [-0.15, -0.1) is 0 Å². The molecule has 0 atom stereocenters. The molecule has 0 aromatic heterocycles. The van der Waals surface area contributed by atoms with E-state index in [-0.39, 0.29) is 0 Å². The van der Waals surface area contributed by atoms with Crippen LogP contribution in [0.1, 0.15) is 6.42 Å². The lowest BCUT2D eigenvalue weighted by Crippen LogP contribution is -2.10. The van der Waals surface area contributed by atoms with Gasteiger partial charge >= 0.3 is 0 Å². The molecule has 0 aliphatic carbocycles. The second-order valence-electron chi connectivity index (χ2n) is 1.44. The highest BCUT2D eigenvalue weighted by Crippen LogP contribution is 2.10. The normalized spacial score (nSPS) is 22.6. The highest BCUT2D eigenvalue weighted by Gasteiger charge is 2.03. The van der Waals surface area contributed by atoms with Crippen molar-refractivity contribution in [2.75, 3.05) is 12.4 Å². The minimum absolute atomic E-state index is 0.532. The van der Waals surface area contributed by atoms with Gasteiger partial charge in [0.05, 0.1) is 6.61 Å². The summed E-state index contributed by atoms with van der Waals surface area (Å²) in [6, 6.07) is 0. The highest BCUT2D eigenvalue weighted by atomic mass is 32.2. The lowest BCUT2D eigenvalue weighted by molar-refractivity contribution is 0.433. The number of hydrogen-bond donors (Lipinski definition) is 1. The molecule has 0 spiro atoms. The largest absolute Gasteiger partial charge is 0.309 e. The summed E-state index contributed by atoms with van der Waals surface area (Å²) in [5.41, 5.74) is 0.721. The molecule has 3 heteroatoms. The van der Waals surface area contributed by atoms with Gasteiger partial charge in [-0.25, -0.2) is 0 Å². The zero-order valence-electron chi connectivity index (χ0n) is 3.94. The Morgan fingerprint density at radius 2 is 2.57 bits per heavy atom. The monoisotopic (exact) mass is 117 g/mol. The molecule has 7 heavy (non-hydrogen) atoms. The average Bonchev–Trinajstić information content (AvgIpc) is 1.69. The van der Waals surface area contributed by atoms with E-state index < -0.39 is 0 Å². The Labute approximate surface area is 47.0 Å². The predicted molar refractivity (Wildman–Crippen MR) is 30.8 cm³/mol. The van der Waals surface area contributed by atoms with Crippen LogP contribution in [0.15, 0.2) is 0 Å². The van der Waals surface area contributed by atoms with Crippen molar-refractivity contribution < 1.29 is 4.18 Å². The fourth-order valence-electron chi connectivity index (χ4n) is 0.409. The molecular weight excluding hydrogens is 110 g/mol. The van der Waals surface area contributed by atoms with Gasteiger partial charge in [-0.3, -0.25) is 0 Å². The summed E-state index contributed by atoms with van der Waals surface area (Å²) in [6.45, 7) is 0.532. The van der Waals surface area contributed by atoms with Crippen molar-refractivity contribution in [1.82, 2.24) is 0 Å². The SMILES string of the molecule is N=C1CCSOC1. The van der Waals surface area contributed by atoms with E-state index >= 15 is 0 Å². The first-order chi connectivity index (χ1) is 3.39. The maximum Gasteiger partial charge on any atom is 0.0989 e. The second-order valence-corrected chi connectivity index (χ2v) is 2.32. The molecule has 40 valence electrons. The first-order valence-electron chi connectivity index (χ1n) is 2.20. The molecule has 1 aliphatic heterocycles. The van der Waals surface area contributed by atoms with Crippen LogP contribution in [0.25, 0.3) is 0 Å². The van der Waals surface area contributed by atoms with Crippen LogP contribution >= 0.6 is 12.0 Å². The Morgan fingerprint density at radius 1 is 1.71 bits per heavy atom. The summed E-state index contributed by atoms with van der Waals surface area (Å²) < 4.78 is 4.87. The predicted octanol–water partition coefficient (Wildman–Crippen LogP) is 1.07. The molecule has 1 N–H and O–H groups in total. The van der Waals surface area contributed by atoms with Gasteiger partial charge in [0.25, 0.3) is 0 Å². The van der Waals surface area contributed by atoms with Crippen LogP contribution in [0.5, 0.6) is 0 Å². The van der Waals surface area contributed by atoms with Gasteiger partial charge in [0.1, 0.15) is 0 Å². The van der Waals surface area contributed by atoms with E-state index in [0.717, 1.165) is 17.9 Å². The van der Waals surface area contributed by atoms with E-state index in [0.29, 0.717) is 6.61 Å². The summed E-state index contributed by atoms with van der Waals surface area (Å²) >= 11 is 1.46. The van der Waals surface area contributed by atoms with Crippen LogP contribution in [0, 0.1) is 5.41 Å². The molecular formula is C4H7NOS. The second kappa shape index (κ2) is 2.33. The Hall–Kier alpha value is -0.0200. The van der Waals surface area contributed by atoms with E-state index in [9.17, 15) is 0 Å². The summed E-state index contributed by atoms with van der Waals surface area (Å²) in [7, 11) is 0. The zero-order chi connectivity index (χ0) is 5.11. The Kier molecular flexibility index (Phi) is 1.70. The molecule has 1 fully saturated rings. The molecule has 1 saturated heterocycles. The van der Waals surface area contributed by atoms with Crippen LogP contribution in [-0.4, -0.2) is 18.1 Å². The molecule has 0 aromatic rings. The molecule has 0 radical (unpaired) electrons. The van der Waals surface area contributed by atoms with Crippen molar-refractivity contribution in [3.63, 3.8) is 0 Å². The quantitative estimate of drug-likeness (QED) is 0.481. The smallest absolute Gasteiger partial charge is 0.0989 e. The summed E-state index contributed by atoms with van der Waals surface area (Å²) in [6.07, 6.45) is 0.907. The van der Waals surface area contributed by atoms with E-state index in [2.05, 4.69) is 0 Å². The number of nitrogens with one attached hydrogen (secondary N) is 1. The minimum atomic E-state index is 0.532. The lowest BCUT2D eigenvalue weighted by Gasteiger charge is -2.08. The van der Waals surface area contributed by atoms with Gasteiger partial charge in [0.15, 0.2) is 0 Å². The van der Waals surface area contributed by atoms with Crippen LogP contribution in [0.2, 0.25) is 0 Å². The molecule has 0 amide bonds. The third-order valence-corrected chi connectivity index (χ3v) is 1.46. The Bertz CT molecular complexity index is 75.8. The zero-order valence-corrected chi connectivity index (χ0v) is 4.75. The van der Waals surface area contributed by atoms with E-state index in [1.807, 2.05) is 0 Å². The maximum atomic E-state index is 7.05. The minimum Gasteiger partial charge on any atom is -0.309 e. The van der Waals surface area contributed by atoms with Gasteiger partial charge in [0, 0.05) is 11.5 Å². The molecule has 1 heterocycles. The van der Waals surface area contributed by atoms with Gasteiger partial charge in [0.2, 0.25) is 0 Å². The maximum absolute atomic E-state index is 7.05. The number of hydrogen-bond acceptors (Lipinski definition) is 3. The number of rotatable bonds is 0. The molecule has 0 aromatic carbocycles. The topological polar surface area (TPSA) is 33.1 Å². The van der Waals surface area contributed by atoms with Crippen molar-refractivity contribution in [3.8, 4) is 0 Å². The van der Waals surface area contributed by atoms with Crippen LogP contribution in [0.3, 0.4) is 0 Å². The summed E-state index contributed by atoms with van der Waals surface area (Å²) in [5.74, 6) is 0.957. The van der Waals surface area contributed by atoms with Crippen molar-refractivity contribution in [3.05, 3.63) is 0 Å². The van der Waals surface area contributed by atoms with Crippen LogP contribution in [0.4, 0.5) is 0 Å². The van der Waals surface area contributed by atoms with E-state index in [4.69, 9.17) is 9.59 Å². The Morgan fingerprint density at radius 3 is 2.86 bits per heavy atom. The van der Waals surface area contributed by atoms with Gasteiger partial charge < -0.3 is 9.59 Å². The lowest BCUT2D eigenvalue weighted by atomic mass is 10.3. The van der Waals surface area contributed by atoms with Crippen LogP contribution in [-0.2, 0) is 4.18 Å². The van der Waals surface area contributed by atoms with E-state index in [1.54, 1.807) is 0 Å². The van der Waals surface area contributed by atoms with Crippen LogP contribution < -0.4 is 0 Å². The molecule has 1 aliphatic rings. The van der Waals surface area contributed by atoms with E-state index in [1.165, 1.54) is 12.0 Å². The first-order valence-corrected chi connectivity index (χ1v) is 3.11. The third-order valence-electron chi connectivity index (χ3n) is 0.804. The third kappa shape index (κ3) is 1.49. The van der Waals surface area contributed by atoms with Gasteiger partial charge in [-0.1, -0.05) is 0 Å².